The lowest BCUT2D eigenvalue weighted by Gasteiger charge is -2.22. The molecule has 5 nitrogen and oxygen atoms in total. The number of nitrogens with zero attached hydrogens (tertiary/aromatic N) is 4. The highest BCUT2D eigenvalue weighted by Crippen LogP contribution is 2.31. The molecule has 0 bridgehead atoms. The van der Waals surface area contributed by atoms with Gasteiger partial charge in [0.2, 0.25) is 0 Å². The van der Waals surface area contributed by atoms with Gasteiger partial charge in [-0.3, -0.25) is 4.98 Å². The van der Waals surface area contributed by atoms with Crippen molar-refractivity contribution in [3.05, 3.63) is 41.7 Å². The normalized spacial score (nSPS) is 18.2. The van der Waals surface area contributed by atoms with Crippen LogP contribution in [0.5, 0.6) is 0 Å². The molecule has 2 heterocycles. The Balaban J connectivity index is 1.61. The van der Waals surface area contributed by atoms with E-state index < -0.39 is 0 Å². The summed E-state index contributed by atoms with van der Waals surface area (Å²) in [6.45, 7) is 6.44. The summed E-state index contributed by atoms with van der Waals surface area (Å²) in [4.78, 5) is 4.50. The molecule has 0 aromatic carbocycles. The van der Waals surface area contributed by atoms with Crippen molar-refractivity contribution < 1.29 is 0 Å². The molecule has 1 N–H and O–H groups in total. The van der Waals surface area contributed by atoms with Crippen molar-refractivity contribution in [3.8, 4) is 0 Å². The zero-order valence-electron chi connectivity index (χ0n) is 14.4. The summed E-state index contributed by atoms with van der Waals surface area (Å²) in [6, 6.07) is 5.35. The van der Waals surface area contributed by atoms with E-state index in [0.717, 1.165) is 17.9 Å². The lowest BCUT2D eigenvalue weighted by Crippen LogP contribution is -2.32. The number of rotatable bonds is 6. The van der Waals surface area contributed by atoms with Gasteiger partial charge in [0.1, 0.15) is 12.2 Å². The second-order valence-electron chi connectivity index (χ2n) is 6.86. The summed E-state index contributed by atoms with van der Waals surface area (Å²) in [5.41, 5.74) is 2.33. The van der Waals surface area contributed by atoms with E-state index in [1.807, 2.05) is 12.5 Å². The van der Waals surface area contributed by atoms with E-state index in [4.69, 9.17) is 0 Å². The summed E-state index contributed by atoms with van der Waals surface area (Å²) in [7, 11) is 0. The number of aryl methyl sites for hydroxylation is 1. The minimum atomic E-state index is 0.193. The third kappa shape index (κ3) is 3.96. The quantitative estimate of drug-likeness (QED) is 0.888. The van der Waals surface area contributed by atoms with Crippen molar-refractivity contribution in [2.45, 2.75) is 71.0 Å². The molecular formula is C18H27N5. The minimum Gasteiger partial charge on any atom is -0.313 e. The van der Waals surface area contributed by atoms with E-state index in [9.17, 15) is 0 Å². The molecular weight excluding hydrogens is 286 g/mol. The van der Waals surface area contributed by atoms with Gasteiger partial charge in [0.05, 0.1) is 6.04 Å². The summed E-state index contributed by atoms with van der Waals surface area (Å²) < 4.78 is 2.28. The number of pyridine rings is 1. The smallest absolute Gasteiger partial charge is 0.149 e. The molecule has 1 fully saturated rings. The first-order valence-electron chi connectivity index (χ1n) is 8.70. The van der Waals surface area contributed by atoms with Crippen LogP contribution in [0.1, 0.15) is 68.7 Å². The van der Waals surface area contributed by atoms with Gasteiger partial charge in [-0.1, -0.05) is 18.9 Å². The van der Waals surface area contributed by atoms with Crippen molar-refractivity contribution in [2.24, 2.45) is 0 Å². The van der Waals surface area contributed by atoms with E-state index >= 15 is 0 Å². The molecule has 5 heteroatoms. The first-order chi connectivity index (χ1) is 11.1. The van der Waals surface area contributed by atoms with Crippen molar-refractivity contribution in [3.63, 3.8) is 0 Å². The molecule has 2 unspecified atom stereocenters. The maximum atomic E-state index is 4.50. The predicted molar refractivity (Wildman–Crippen MR) is 91.2 cm³/mol. The van der Waals surface area contributed by atoms with Crippen LogP contribution in [0.4, 0.5) is 0 Å². The van der Waals surface area contributed by atoms with Crippen LogP contribution in [0.3, 0.4) is 0 Å². The van der Waals surface area contributed by atoms with Crippen LogP contribution in [0.15, 0.2) is 24.7 Å². The number of aromatic nitrogens is 4. The Morgan fingerprint density at radius 1 is 1.26 bits per heavy atom. The third-order valence-corrected chi connectivity index (χ3v) is 4.73. The summed E-state index contributed by atoms with van der Waals surface area (Å²) in [6.07, 6.45) is 9.89. The van der Waals surface area contributed by atoms with Crippen molar-refractivity contribution >= 4 is 0 Å². The molecule has 1 aliphatic carbocycles. The molecule has 0 spiro atoms. The van der Waals surface area contributed by atoms with Crippen molar-refractivity contribution in [2.75, 3.05) is 0 Å². The Hall–Kier alpha value is -1.75. The highest BCUT2D eigenvalue weighted by atomic mass is 15.3. The highest BCUT2D eigenvalue weighted by molar-refractivity contribution is 5.13. The second-order valence-corrected chi connectivity index (χ2v) is 6.86. The molecule has 0 radical (unpaired) electrons. The van der Waals surface area contributed by atoms with E-state index in [0.29, 0.717) is 12.1 Å². The standard InChI is InChI=1S/C18H27N5/c1-13-8-9-16(19-11-13)10-14(2)21-15(3)18-22-20-12-23(18)17-6-4-5-7-17/h8-9,11-12,14-15,17,21H,4-7,10H2,1-3H3. The molecule has 1 saturated carbocycles. The number of hydrogen-bond donors (Lipinski definition) is 1. The van der Waals surface area contributed by atoms with Gasteiger partial charge in [-0.05, 0) is 45.2 Å². The van der Waals surface area contributed by atoms with Crippen molar-refractivity contribution in [1.29, 1.82) is 0 Å². The van der Waals surface area contributed by atoms with Gasteiger partial charge in [-0.25, -0.2) is 0 Å². The molecule has 0 saturated heterocycles. The van der Waals surface area contributed by atoms with E-state index in [1.54, 1.807) is 0 Å². The Morgan fingerprint density at radius 2 is 2.04 bits per heavy atom. The molecule has 2 aromatic heterocycles. The van der Waals surface area contributed by atoms with E-state index in [2.05, 4.69) is 58.0 Å². The highest BCUT2D eigenvalue weighted by Gasteiger charge is 2.23. The monoisotopic (exact) mass is 313 g/mol. The SMILES string of the molecule is Cc1ccc(CC(C)NC(C)c2nncn2C2CCCC2)nc1. The summed E-state index contributed by atoms with van der Waals surface area (Å²) in [5.74, 6) is 1.06. The molecule has 23 heavy (non-hydrogen) atoms. The Kier molecular flexibility index (Phi) is 5.06. The summed E-state index contributed by atoms with van der Waals surface area (Å²) in [5, 5.41) is 12.2. The molecule has 1 aliphatic rings. The Labute approximate surface area is 138 Å². The molecule has 0 amide bonds. The summed E-state index contributed by atoms with van der Waals surface area (Å²) >= 11 is 0. The predicted octanol–water partition coefficient (Wildman–Crippen LogP) is 3.38. The van der Waals surface area contributed by atoms with Gasteiger partial charge in [0, 0.05) is 30.4 Å². The Morgan fingerprint density at radius 3 is 2.74 bits per heavy atom. The third-order valence-electron chi connectivity index (χ3n) is 4.73. The second kappa shape index (κ2) is 7.21. The van der Waals surface area contributed by atoms with Crippen molar-refractivity contribution in [1.82, 2.24) is 25.1 Å². The van der Waals surface area contributed by atoms with Crippen LogP contribution in [-0.2, 0) is 6.42 Å². The maximum Gasteiger partial charge on any atom is 0.149 e. The van der Waals surface area contributed by atoms with Crippen LogP contribution >= 0.6 is 0 Å². The molecule has 2 atom stereocenters. The largest absolute Gasteiger partial charge is 0.313 e. The first-order valence-corrected chi connectivity index (χ1v) is 8.70. The average Bonchev–Trinajstić information content (AvgIpc) is 3.19. The fourth-order valence-corrected chi connectivity index (χ4v) is 3.52. The average molecular weight is 313 g/mol. The fourth-order valence-electron chi connectivity index (χ4n) is 3.52. The van der Waals surface area contributed by atoms with Gasteiger partial charge in [0.15, 0.2) is 0 Å². The zero-order chi connectivity index (χ0) is 16.2. The molecule has 0 aliphatic heterocycles. The lowest BCUT2D eigenvalue weighted by atomic mass is 10.1. The van der Waals surface area contributed by atoms with Crippen LogP contribution in [0, 0.1) is 6.92 Å². The van der Waals surface area contributed by atoms with Crippen LogP contribution < -0.4 is 5.32 Å². The number of hydrogen-bond acceptors (Lipinski definition) is 4. The van der Waals surface area contributed by atoms with Gasteiger partial charge in [0.25, 0.3) is 0 Å². The van der Waals surface area contributed by atoms with E-state index in [1.165, 1.54) is 31.2 Å². The van der Waals surface area contributed by atoms with Gasteiger partial charge >= 0.3 is 0 Å². The maximum absolute atomic E-state index is 4.50. The zero-order valence-corrected chi connectivity index (χ0v) is 14.4. The molecule has 2 aromatic rings. The van der Waals surface area contributed by atoms with Gasteiger partial charge < -0.3 is 9.88 Å². The topological polar surface area (TPSA) is 55.6 Å². The van der Waals surface area contributed by atoms with Crippen LogP contribution in [0.2, 0.25) is 0 Å². The van der Waals surface area contributed by atoms with Crippen LogP contribution in [0.25, 0.3) is 0 Å². The van der Waals surface area contributed by atoms with E-state index in [-0.39, 0.29) is 6.04 Å². The lowest BCUT2D eigenvalue weighted by molar-refractivity contribution is 0.417. The number of nitrogens with one attached hydrogen (secondary N) is 1. The van der Waals surface area contributed by atoms with Crippen LogP contribution in [-0.4, -0.2) is 25.8 Å². The first kappa shape index (κ1) is 16.1. The van der Waals surface area contributed by atoms with Gasteiger partial charge in [-0.15, -0.1) is 10.2 Å². The Bertz CT molecular complexity index is 613. The molecule has 124 valence electrons. The molecule has 3 rings (SSSR count). The minimum absolute atomic E-state index is 0.193. The van der Waals surface area contributed by atoms with Gasteiger partial charge in [-0.2, -0.15) is 0 Å². The fraction of sp³-hybridized carbons (Fsp3) is 0.611.